The van der Waals surface area contributed by atoms with Crippen LogP contribution in [0.1, 0.15) is 5.56 Å². The van der Waals surface area contributed by atoms with Crippen molar-refractivity contribution in [2.45, 2.75) is 25.3 Å². The minimum absolute atomic E-state index is 0. The number of benzene rings is 1. The highest BCUT2D eigenvalue weighted by Crippen LogP contribution is 2.25. The molecule has 0 aromatic heterocycles. The summed E-state index contributed by atoms with van der Waals surface area (Å²) in [5.41, 5.74) is 0.367. The van der Waals surface area contributed by atoms with Crippen molar-refractivity contribution in [1.82, 2.24) is 15.5 Å². The molecular weight excluding hydrogens is 397 g/mol. The molecule has 2 N–H and O–H groups in total. The first-order valence-corrected chi connectivity index (χ1v) is 8.07. The number of hydrogen-bond acceptors (Lipinski definition) is 4. The van der Waals surface area contributed by atoms with Crippen LogP contribution in [0.25, 0.3) is 0 Å². The summed E-state index contributed by atoms with van der Waals surface area (Å²) in [7, 11) is 0. The van der Waals surface area contributed by atoms with Crippen LogP contribution >= 0.6 is 12.4 Å². The highest BCUT2D eigenvalue weighted by Gasteiger charge is 2.43. The van der Waals surface area contributed by atoms with Gasteiger partial charge >= 0.3 is 12.8 Å². The Hall–Kier alpha value is -1.65. The Kier molecular flexibility index (Phi) is 9.20. The number of nitrogens with zero attached hydrogens (tertiary/aromatic N) is 1. The van der Waals surface area contributed by atoms with Crippen LogP contribution in [0, 0.1) is 0 Å². The van der Waals surface area contributed by atoms with E-state index in [9.17, 15) is 26.7 Å². The first-order valence-electron chi connectivity index (χ1n) is 8.07. The second-order valence-corrected chi connectivity index (χ2v) is 5.85. The topological polar surface area (TPSA) is 53.6 Å². The molecule has 0 saturated carbocycles. The van der Waals surface area contributed by atoms with E-state index in [1.807, 2.05) is 0 Å². The van der Waals surface area contributed by atoms with Crippen LogP contribution in [0.3, 0.4) is 0 Å². The quantitative estimate of drug-likeness (QED) is 0.668. The number of hydrogen-bond donors (Lipinski definition) is 2. The Morgan fingerprint density at radius 2 is 1.93 bits per heavy atom. The maximum absolute atomic E-state index is 13.3. The average molecular weight is 418 g/mol. The molecule has 0 radical (unpaired) electrons. The van der Waals surface area contributed by atoms with Crippen molar-refractivity contribution in [2.24, 2.45) is 0 Å². The van der Waals surface area contributed by atoms with Gasteiger partial charge in [-0.15, -0.1) is 12.4 Å². The number of halogens is 6. The summed E-state index contributed by atoms with van der Waals surface area (Å²) in [5.74, 6) is -0.733. The number of ether oxygens (including phenoxy) is 1. The third-order valence-electron chi connectivity index (χ3n) is 3.95. The first kappa shape index (κ1) is 23.4. The normalized spacial score (nSPS) is 16.5. The van der Waals surface area contributed by atoms with E-state index in [4.69, 9.17) is 0 Å². The van der Waals surface area contributed by atoms with Crippen LogP contribution in [-0.2, 0) is 11.2 Å². The molecule has 1 unspecified atom stereocenters. The summed E-state index contributed by atoms with van der Waals surface area (Å²) in [5, 5.41) is 5.26. The van der Waals surface area contributed by atoms with E-state index in [1.54, 1.807) is 0 Å². The fourth-order valence-corrected chi connectivity index (χ4v) is 2.74. The van der Waals surface area contributed by atoms with E-state index in [-0.39, 0.29) is 37.7 Å². The zero-order valence-corrected chi connectivity index (χ0v) is 15.1. The molecule has 27 heavy (non-hydrogen) atoms. The molecule has 1 aromatic carbocycles. The fraction of sp³-hybridized carbons (Fsp3) is 0.562. The van der Waals surface area contributed by atoms with Gasteiger partial charge in [-0.3, -0.25) is 9.69 Å². The molecule has 5 nitrogen and oxygen atoms in total. The summed E-state index contributed by atoms with van der Waals surface area (Å²) >= 11 is 0. The fourth-order valence-electron chi connectivity index (χ4n) is 2.74. The molecule has 1 aliphatic heterocycles. The van der Waals surface area contributed by atoms with Gasteiger partial charge in [-0.05, 0) is 17.7 Å². The average Bonchev–Trinajstić information content (AvgIpc) is 2.54. The van der Waals surface area contributed by atoms with Crippen LogP contribution in [0.4, 0.5) is 22.0 Å². The molecule has 1 heterocycles. The van der Waals surface area contributed by atoms with Gasteiger partial charge in [0, 0.05) is 32.7 Å². The van der Waals surface area contributed by atoms with Crippen molar-refractivity contribution in [3.05, 3.63) is 29.8 Å². The van der Waals surface area contributed by atoms with Gasteiger partial charge in [0.25, 0.3) is 0 Å². The molecule has 0 bridgehead atoms. The van der Waals surface area contributed by atoms with Crippen LogP contribution < -0.4 is 15.4 Å². The Balaban J connectivity index is 0.00000364. The lowest BCUT2D eigenvalue weighted by atomic mass is 10.1. The van der Waals surface area contributed by atoms with Crippen LogP contribution in [0.2, 0.25) is 0 Å². The summed E-state index contributed by atoms with van der Waals surface area (Å²) in [6, 6.07) is 3.73. The van der Waals surface area contributed by atoms with Gasteiger partial charge in [-0.1, -0.05) is 12.1 Å². The summed E-state index contributed by atoms with van der Waals surface area (Å²) in [6.07, 6.45) is -4.69. The Morgan fingerprint density at radius 3 is 2.52 bits per heavy atom. The standard InChI is InChI=1S/C16H20F5N3O2.ClH/c17-15(18)26-12-3-1-2-11(8-12)9-14(25)23-10-13(16(19,20)21)24-6-4-22-5-7-24;/h1-3,8,13,15,22H,4-7,9-10H2,(H,23,25);1H. The zero-order valence-electron chi connectivity index (χ0n) is 14.3. The second kappa shape index (κ2) is 10.6. The van der Waals surface area contributed by atoms with E-state index < -0.39 is 31.3 Å². The van der Waals surface area contributed by atoms with Crippen molar-refractivity contribution < 1.29 is 31.5 Å². The van der Waals surface area contributed by atoms with Gasteiger partial charge in [-0.2, -0.15) is 22.0 Å². The molecule has 1 atom stereocenters. The zero-order chi connectivity index (χ0) is 19.2. The molecule has 154 valence electrons. The SMILES string of the molecule is Cl.O=C(Cc1cccc(OC(F)F)c1)NCC(N1CCNCC1)C(F)(F)F. The van der Waals surface area contributed by atoms with E-state index in [0.717, 1.165) is 0 Å². The maximum atomic E-state index is 13.3. The van der Waals surface area contributed by atoms with Crippen molar-refractivity contribution in [1.29, 1.82) is 0 Å². The van der Waals surface area contributed by atoms with Crippen LogP contribution in [-0.4, -0.2) is 62.4 Å². The van der Waals surface area contributed by atoms with E-state index in [0.29, 0.717) is 18.7 Å². The molecule has 1 aromatic rings. The van der Waals surface area contributed by atoms with E-state index in [1.165, 1.54) is 29.2 Å². The number of nitrogens with one attached hydrogen (secondary N) is 2. The second-order valence-electron chi connectivity index (χ2n) is 5.85. The number of rotatable bonds is 7. The Morgan fingerprint density at radius 1 is 1.26 bits per heavy atom. The number of carbonyl (C=O) groups is 1. The number of carbonyl (C=O) groups excluding carboxylic acids is 1. The molecule has 1 aliphatic rings. The van der Waals surface area contributed by atoms with Crippen molar-refractivity contribution in [3.8, 4) is 5.75 Å². The third kappa shape index (κ3) is 7.86. The molecule has 1 saturated heterocycles. The largest absolute Gasteiger partial charge is 0.435 e. The summed E-state index contributed by atoms with van der Waals surface area (Å²) in [6.45, 7) is -2.16. The van der Waals surface area contributed by atoms with Gasteiger partial charge in [-0.25, -0.2) is 0 Å². The maximum Gasteiger partial charge on any atom is 0.405 e. The molecule has 0 spiro atoms. The van der Waals surface area contributed by atoms with Gasteiger partial charge in [0.2, 0.25) is 5.91 Å². The monoisotopic (exact) mass is 417 g/mol. The van der Waals surface area contributed by atoms with Crippen molar-refractivity contribution >= 4 is 18.3 Å². The first-order chi connectivity index (χ1) is 12.3. The predicted octanol–water partition coefficient (Wildman–Crippen LogP) is 2.20. The minimum Gasteiger partial charge on any atom is -0.435 e. The minimum atomic E-state index is -4.46. The smallest absolute Gasteiger partial charge is 0.405 e. The molecule has 0 aliphatic carbocycles. The highest BCUT2D eigenvalue weighted by atomic mass is 35.5. The van der Waals surface area contributed by atoms with E-state index >= 15 is 0 Å². The van der Waals surface area contributed by atoms with Crippen LogP contribution in [0.15, 0.2) is 24.3 Å². The lowest BCUT2D eigenvalue weighted by molar-refractivity contribution is -0.184. The number of amides is 1. The van der Waals surface area contributed by atoms with E-state index in [2.05, 4.69) is 15.4 Å². The highest BCUT2D eigenvalue weighted by molar-refractivity contribution is 5.85. The lowest BCUT2D eigenvalue weighted by Gasteiger charge is -2.35. The van der Waals surface area contributed by atoms with Gasteiger partial charge in [0.05, 0.1) is 6.42 Å². The Labute approximate surface area is 159 Å². The van der Waals surface area contributed by atoms with Gasteiger partial charge in [0.15, 0.2) is 0 Å². The molecule has 1 fully saturated rings. The number of piperazine rings is 1. The predicted molar refractivity (Wildman–Crippen MR) is 91.3 cm³/mol. The van der Waals surface area contributed by atoms with Gasteiger partial charge in [0.1, 0.15) is 11.8 Å². The summed E-state index contributed by atoms with van der Waals surface area (Å²) < 4.78 is 68.4. The third-order valence-corrected chi connectivity index (χ3v) is 3.95. The number of alkyl halides is 5. The Bertz CT molecular complexity index is 598. The van der Waals surface area contributed by atoms with Crippen LogP contribution in [0.5, 0.6) is 5.75 Å². The molecule has 1 amide bonds. The lowest BCUT2D eigenvalue weighted by Crippen LogP contribution is -2.57. The molecule has 2 rings (SSSR count). The molecule has 11 heteroatoms. The molecular formula is C16H21ClF5N3O2. The summed E-state index contributed by atoms with van der Waals surface area (Å²) in [4.78, 5) is 13.2. The van der Waals surface area contributed by atoms with Crippen molar-refractivity contribution in [3.63, 3.8) is 0 Å². The van der Waals surface area contributed by atoms with Crippen molar-refractivity contribution in [2.75, 3.05) is 32.7 Å². The van der Waals surface area contributed by atoms with Gasteiger partial charge < -0.3 is 15.4 Å².